The van der Waals surface area contributed by atoms with Gasteiger partial charge in [-0.1, -0.05) is 12.8 Å². The highest BCUT2D eigenvalue weighted by molar-refractivity contribution is 5.98. The Morgan fingerprint density at radius 3 is 2.28 bits per heavy atom. The first-order chi connectivity index (χ1) is 12.0. The van der Waals surface area contributed by atoms with E-state index in [0.717, 1.165) is 12.8 Å². The molecule has 1 amide bonds. The third kappa shape index (κ3) is 4.49. The molecule has 2 atom stereocenters. The van der Waals surface area contributed by atoms with Crippen molar-refractivity contribution in [2.45, 2.75) is 25.7 Å². The third-order valence-electron chi connectivity index (χ3n) is 4.49. The van der Waals surface area contributed by atoms with E-state index in [1.807, 2.05) is 0 Å². The normalized spacial score (nSPS) is 19.8. The summed E-state index contributed by atoms with van der Waals surface area (Å²) in [6.45, 7) is -0.393. The molecule has 0 unspecified atom stereocenters. The van der Waals surface area contributed by atoms with Gasteiger partial charge in [0.25, 0.3) is 0 Å². The molecule has 0 aliphatic heterocycles. The lowest BCUT2D eigenvalue weighted by Gasteiger charge is -2.27. The molecular weight excluding hydrogens is 326 g/mol. The Kier molecular flexibility index (Phi) is 6.38. The van der Waals surface area contributed by atoms with E-state index in [1.54, 1.807) is 12.1 Å². The molecule has 136 valence electrons. The van der Waals surface area contributed by atoms with Crippen molar-refractivity contribution in [3.05, 3.63) is 23.8 Å². The van der Waals surface area contributed by atoms with Gasteiger partial charge in [-0.3, -0.25) is 14.4 Å². The van der Waals surface area contributed by atoms with Gasteiger partial charge in [-0.05, 0) is 31.0 Å². The lowest BCUT2D eigenvalue weighted by atomic mass is 9.79. The predicted molar refractivity (Wildman–Crippen MR) is 89.5 cm³/mol. The summed E-state index contributed by atoms with van der Waals surface area (Å²) in [6.07, 6.45) is 2.84. The number of nitrogens with two attached hydrogens (primary N) is 1. The third-order valence-corrected chi connectivity index (χ3v) is 4.49. The van der Waals surface area contributed by atoms with E-state index < -0.39 is 30.3 Å². The van der Waals surface area contributed by atoms with Gasteiger partial charge in [0, 0.05) is 5.56 Å². The van der Waals surface area contributed by atoms with E-state index in [2.05, 4.69) is 0 Å². The standard InChI is InChI=1S/C18H23NO6/c1-23-15-8-7-11(9-16(15)24-2)14(20)10-25-18(22)13-6-4-3-5-12(13)17(19)21/h7-9,12-13H,3-6,10H2,1-2H3,(H2,19,21)/t12-,13+/m0/s1. The monoisotopic (exact) mass is 349 g/mol. The van der Waals surface area contributed by atoms with Crippen LogP contribution in [0.25, 0.3) is 0 Å². The average molecular weight is 349 g/mol. The van der Waals surface area contributed by atoms with Gasteiger partial charge in [-0.2, -0.15) is 0 Å². The van der Waals surface area contributed by atoms with Gasteiger partial charge >= 0.3 is 5.97 Å². The molecule has 0 radical (unpaired) electrons. The smallest absolute Gasteiger partial charge is 0.310 e. The van der Waals surface area contributed by atoms with Crippen molar-refractivity contribution in [1.29, 1.82) is 0 Å². The first-order valence-corrected chi connectivity index (χ1v) is 8.19. The summed E-state index contributed by atoms with van der Waals surface area (Å²) in [6, 6.07) is 4.71. The van der Waals surface area contributed by atoms with Crippen LogP contribution in [0.1, 0.15) is 36.0 Å². The van der Waals surface area contributed by atoms with Crippen LogP contribution in [0.4, 0.5) is 0 Å². The number of hydrogen-bond acceptors (Lipinski definition) is 6. The molecule has 0 aromatic heterocycles. The van der Waals surface area contributed by atoms with Crippen LogP contribution in [-0.4, -0.2) is 38.5 Å². The van der Waals surface area contributed by atoms with Gasteiger partial charge in [0.2, 0.25) is 5.91 Å². The minimum atomic E-state index is -0.565. The Morgan fingerprint density at radius 1 is 1.04 bits per heavy atom. The van der Waals surface area contributed by atoms with Crippen molar-refractivity contribution in [2.75, 3.05) is 20.8 Å². The number of hydrogen-bond donors (Lipinski definition) is 1. The van der Waals surface area contributed by atoms with Crippen LogP contribution in [-0.2, 0) is 14.3 Å². The number of primary amides is 1. The topological polar surface area (TPSA) is 105 Å². The second-order valence-corrected chi connectivity index (χ2v) is 6.00. The molecular formula is C18H23NO6. The van der Waals surface area contributed by atoms with Crippen molar-refractivity contribution in [2.24, 2.45) is 17.6 Å². The largest absolute Gasteiger partial charge is 0.493 e. The highest BCUT2D eigenvalue weighted by Crippen LogP contribution is 2.31. The summed E-state index contributed by atoms with van der Waals surface area (Å²) in [7, 11) is 2.97. The van der Waals surface area contributed by atoms with Gasteiger partial charge in [-0.15, -0.1) is 0 Å². The minimum Gasteiger partial charge on any atom is -0.493 e. The van der Waals surface area contributed by atoms with Gasteiger partial charge in [-0.25, -0.2) is 0 Å². The fourth-order valence-corrected chi connectivity index (χ4v) is 3.09. The van der Waals surface area contributed by atoms with Crippen molar-refractivity contribution < 1.29 is 28.6 Å². The van der Waals surface area contributed by atoms with E-state index in [9.17, 15) is 14.4 Å². The van der Waals surface area contributed by atoms with Crippen LogP contribution in [0.3, 0.4) is 0 Å². The molecule has 0 spiro atoms. The summed E-state index contributed by atoms with van der Waals surface area (Å²) in [5.74, 6) is -1.56. The van der Waals surface area contributed by atoms with E-state index in [-0.39, 0.29) is 5.78 Å². The molecule has 7 heteroatoms. The molecule has 1 aliphatic carbocycles. The summed E-state index contributed by atoms with van der Waals surface area (Å²) in [5, 5.41) is 0. The van der Waals surface area contributed by atoms with Crippen LogP contribution >= 0.6 is 0 Å². The van der Waals surface area contributed by atoms with Gasteiger partial charge in [0.1, 0.15) is 0 Å². The Labute approximate surface area is 146 Å². The van der Waals surface area contributed by atoms with E-state index >= 15 is 0 Å². The number of rotatable bonds is 7. The maximum atomic E-state index is 12.2. The molecule has 1 aliphatic rings. The number of amides is 1. The predicted octanol–water partition coefficient (Wildman–Crippen LogP) is 1.72. The number of ether oxygens (including phenoxy) is 3. The van der Waals surface area contributed by atoms with Crippen LogP contribution < -0.4 is 15.2 Å². The fourth-order valence-electron chi connectivity index (χ4n) is 3.09. The quantitative estimate of drug-likeness (QED) is 0.593. The van der Waals surface area contributed by atoms with E-state index in [0.29, 0.717) is 29.9 Å². The van der Waals surface area contributed by atoms with Crippen molar-refractivity contribution in [3.63, 3.8) is 0 Å². The molecule has 1 saturated carbocycles. The molecule has 0 bridgehead atoms. The van der Waals surface area contributed by atoms with Crippen molar-refractivity contribution >= 4 is 17.7 Å². The minimum absolute atomic E-state index is 0.348. The Hall–Kier alpha value is -2.57. The van der Waals surface area contributed by atoms with Crippen LogP contribution in [0, 0.1) is 11.8 Å². The summed E-state index contributed by atoms with van der Waals surface area (Å²) < 4.78 is 15.4. The number of esters is 1. The second kappa shape index (κ2) is 8.50. The molecule has 1 aromatic carbocycles. The maximum Gasteiger partial charge on any atom is 0.310 e. The Morgan fingerprint density at radius 2 is 1.68 bits per heavy atom. The Bertz CT molecular complexity index is 657. The summed E-state index contributed by atoms with van der Waals surface area (Å²) >= 11 is 0. The van der Waals surface area contributed by atoms with Gasteiger partial charge in [0.05, 0.1) is 26.1 Å². The fraction of sp³-hybridized carbons (Fsp3) is 0.500. The van der Waals surface area contributed by atoms with E-state index in [4.69, 9.17) is 19.9 Å². The van der Waals surface area contributed by atoms with E-state index in [1.165, 1.54) is 20.3 Å². The average Bonchev–Trinajstić information content (AvgIpc) is 2.65. The molecule has 0 heterocycles. The first-order valence-electron chi connectivity index (χ1n) is 8.19. The van der Waals surface area contributed by atoms with Crippen molar-refractivity contribution in [3.8, 4) is 11.5 Å². The van der Waals surface area contributed by atoms with Gasteiger partial charge < -0.3 is 19.9 Å². The summed E-state index contributed by atoms with van der Waals surface area (Å²) in [5.41, 5.74) is 5.71. The molecule has 25 heavy (non-hydrogen) atoms. The highest BCUT2D eigenvalue weighted by atomic mass is 16.5. The summed E-state index contributed by atoms with van der Waals surface area (Å²) in [4.78, 5) is 36.0. The number of Topliss-reactive ketones (excluding diaryl/α,β-unsaturated/α-hetero) is 1. The zero-order valence-electron chi connectivity index (χ0n) is 14.4. The van der Waals surface area contributed by atoms with Gasteiger partial charge in [0.15, 0.2) is 23.9 Å². The lowest BCUT2D eigenvalue weighted by Crippen LogP contribution is -2.38. The molecule has 2 N–H and O–H groups in total. The zero-order valence-corrected chi connectivity index (χ0v) is 14.4. The maximum absolute atomic E-state index is 12.2. The number of ketones is 1. The number of methoxy groups -OCH3 is 2. The highest BCUT2D eigenvalue weighted by Gasteiger charge is 2.35. The van der Waals surface area contributed by atoms with Crippen LogP contribution in [0.15, 0.2) is 18.2 Å². The number of carbonyl (C=O) groups excluding carboxylic acids is 3. The Balaban J connectivity index is 1.99. The second-order valence-electron chi connectivity index (χ2n) is 6.00. The van der Waals surface area contributed by atoms with Crippen molar-refractivity contribution in [1.82, 2.24) is 0 Å². The molecule has 0 saturated heterocycles. The van der Waals surface area contributed by atoms with Crippen LogP contribution in [0.5, 0.6) is 11.5 Å². The molecule has 1 aromatic rings. The number of benzene rings is 1. The lowest BCUT2D eigenvalue weighted by molar-refractivity contribution is -0.153. The zero-order chi connectivity index (χ0) is 18.4. The molecule has 1 fully saturated rings. The number of carbonyl (C=O) groups is 3. The molecule has 7 nitrogen and oxygen atoms in total. The van der Waals surface area contributed by atoms with Crippen LogP contribution in [0.2, 0.25) is 0 Å². The first kappa shape index (κ1) is 18.8. The SMILES string of the molecule is COc1ccc(C(=O)COC(=O)[C@@H]2CCCC[C@@H]2C(N)=O)cc1OC. The molecule has 2 rings (SSSR count).